The first-order chi connectivity index (χ1) is 17.1. The number of hydrogen-bond acceptors (Lipinski definition) is 6. The third kappa shape index (κ3) is 6.35. The molecule has 0 fully saturated rings. The Kier molecular flexibility index (Phi) is 9.33. The zero-order valence-corrected chi connectivity index (χ0v) is 23.0. The smallest absolute Gasteiger partial charge is 0.339 e. The van der Waals surface area contributed by atoms with Crippen LogP contribution in [0.25, 0.3) is 0 Å². The van der Waals surface area contributed by atoms with Crippen molar-refractivity contribution >= 4 is 44.9 Å². The third-order valence-electron chi connectivity index (χ3n) is 6.01. The van der Waals surface area contributed by atoms with E-state index in [4.69, 9.17) is 31.8 Å². The summed E-state index contributed by atoms with van der Waals surface area (Å²) in [7, 11) is -4.24. The number of amides is 1. The van der Waals surface area contributed by atoms with E-state index in [0.29, 0.717) is 12.0 Å². The fraction of sp³-hybridized carbons (Fsp3) is 0.346. The van der Waals surface area contributed by atoms with Gasteiger partial charge >= 0.3 is 10.1 Å². The van der Waals surface area contributed by atoms with Gasteiger partial charge in [-0.1, -0.05) is 36.2 Å². The number of halogens is 2. The molecule has 2 aromatic carbocycles. The van der Waals surface area contributed by atoms with E-state index in [1.165, 1.54) is 24.5 Å². The molecule has 36 heavy (non-hydrogen) atoms. The highest BCUT2D eigenvalue weighted by Crippen LogP contribution is 2.32. The minimum absolute atomic E-state index is 0.102. The Morgan fingerprint density at radius 2 is 1.75 bits per heavy atom. The number of anilines is 1. The summed E-state index contributed by atoms with van der Waals surface area (Å²) >= 11 is 12.0. The van der Waals surface area contributed by atoms with Crippen LogP contribution < -0.4 is 9.08 Å². The summed E-state index contributed by atoms with van der Waals surface area (Å²) in [5.41, 5.74) is 1.34. The first-order valence-electron chi connectivity index (χ1n) is 11.7. The third-order valence-corrected chi connectivity index (χ3v) is 7.98. The summed E-state index contributed by atoms with van der Waals surface area (Å²) in [4.78, 5) is 16.8. The van der Waals surface area contributed by atoms with Crippen molar-refractivity contribution < 1.29 is 21.8 Å². The number of benzene rings is 2. The molecule has 194 valence electrons. The van der Waals surface area contributed by atoms with E-state index in [-0.39, 0.29) is 44.9 Å². The molecule has 0 N–H and O–H groups in total. The van der Waals surface area contributed by atoms with Gasteiger partial charge in [0.25, 0.3) is 5.91 Å². The highest BCUT2D eigenvalue weighted by atomic mass is 35.5. The standard InChI is InChI=1S/C26H30Cl2N2O5S/c1-5-18(4)30(26(31)24-9-8-14-34-24)17-19-10-11-20(29(6-2)7-3)15-25(19)35-36(32,33)21-12-13-22(27)23(28)16-21/h8-16,18H,5-7,17H2,1-4H3/t18-/m1/s1. The molecule has 7 nitrogen and oxygen atoms in total. The zero-order chi connectivity index (χ0) is 26.5. The predicted octanol–water partition coefficient (Wildman–Crippen LogP) is 6.64. The van der Waals surface area contributed by atoms with Gasteiger partial charge in [-0.15, -0.1) is 0 Å². The van der Waals surface area contributed by atoms with Crippen molar-refractivity contribution in [3.8, 4) is 5.75 Å². The minimum atomic E-state index is -4.24. The van der Waals surface area contributed by atoms with Gasteiger partial charge in [0.15, 0.2) is 5.76 Å². The van der Waals surface area contributed by atoms with Crippen LogP contribution >= 0.6 is 23.2 Å². The van der Waals surface area contributed by atoms with Crippen molar-refractivity contribution in [3.05, 3.63) is 76.2 Å². The van der Waals surface area contributed by atoms with Gasteiger partial charge in [0.1, 0.15) is 10.6 Å². The molecule has 1 aromatic heterocycles. The average molecular weight is 554 g/mol. The fourth-order valence-corrected chi connectivity index (χ4v) is 5.06. The molecule has 0 aliphatic rings. The molecule has 0 unspecified atom stereocenters. The second kappa shape index (κ2) is 12.0. The molecule has 0 aliphatic heterocycles. The van der Waals surface area contributed by atoms with E-state index < -0.39 is 10.1 Å². The molecule has 3 rings (SSSR count). The molecule has 1 amide bonds. The summed E-state index contributed by atoms with van der Waals surface area (Å²) in [5.74, 6) is 0.0486. The monoisotopic (exact) mass is 552 g/mol. The Hall–Kier alpha value is -2.68. The second-order valence-corrected chi connectivity index (χ2v) is 10.6. The number of furan rings is 1. The number of hydrogen-bond donors (Lipinski definition) is 0. The molecule has 1 atom stereocenters. The first-order valence-corrected chi connectivity index (χ1v) is 13.9. The maximum absolute atomic E-state index is 13.2. The Morgan fingerprint density at radius 3 is 2.33 bits per heavy atom. The van der Waals surface area contributed by atoms with Crippen LogP contribution in [-0.2, 0) is 16.7 Å². The summed E-state index contributed by atoms with van der Waals surface area (Å²) in [6.45, 7) is 9.50. The summed E-state index contributed by atoms with van der Waals surface area (Å²) in [5, 5.41) is 0.339. The van der Waals surface area contributed by atoms with Crippen molar-refractivity contribution in [1.29, 1.82) is 0 Å². The summed E-state index contributed by atoms with van der Waals surface area (Å²) < 4.78 is 37.4. The lowest BCUT2D eigenvalue weighted by molar-refractivity contribution is 0.0638. The van der Waals surface area contributed by atoms with Gasteiger partial charge in [-0.25, -0.2) is 0 Å². The Balaban J connectivity index is 2.05. The lowest BCUT2D eigenvalue weighted by atomic mass is 10.1. The molecule has 0 spiro atoms. The van der Waals surface area contributed by atoms with Crippen LogP contribution in [-0.4, -0.2) is 38.4 Å². The van der Waals surface area contributed by atoms with Gasteiger partial charge in [-0.3, -0.25) is 4.79 Å². The van der Waals surface area contributed by atoms with Gasteiger partial charge in [0.05, 0.1) is 22.9 Å². The zero-order valence-electron chi connectivity index (χ0n) is 20.7. The topological polar surface area (TPSA) is 80.1 Å². The molecule has 1 heterocycles. The Labute approximate surface area is 222 Å². The molecule has 10 heteroatoms. The van der Waals surface area contributed by atoms with Crippen LogP contribution in [0.2, 0.25) is 10.0 Å². The lowest BCUT2D eigenvalue weighted by Crippen LogP contribution is -2.37. The van der Waals surface area contributed by atoms with Gasteiger partial charge in [0, 0.05) is 36.4 Å². The maximum atomic E-state index is 13.2. The maximum Gasteiger partial charge on any atom is 0.339 e. The van der Waals surface area contributed by atoms with E-state index >= 15 is 0 Å². The average Bonchev–Trinajstić information content (AvgIpc) is 3.40. The van der Waals surface area contributed by atoms with Gasteiger partial charge in [0.2, 0.25) is 0 Å². The number of carbonyl (C=O) groups excluding carboxylic acids is 1. The number of carbonyl (C=O) groups is 1. The molecule has 0 aliphatic carbocycles. The summed E-state index contributed by atoms with van der Waals surface area (Å²) in [6.07, 6.45) is 2.14. The molecule has 0 saturated heterocycles. The van der Waals surface area contributed by atoms with Crippen molar-refractivity contribution in [2.24, 2.45) is 0 Å². The summed E-state index contributed by atoms with van der Waals surface area (Å²) in [6, 6.07) is 12.5. The van der Waals surface area contributed by atoms with Crippen molar-refractivity contribution in [1.82, 2.24) is 4.90 Å². The van der Waals surface area contributed by atoms with Crippen LogP contribution in [0.15, 0.2) is 64.1 Å². The lowest BCUT2D eigenvalue weighted by Gasteiger charge is -2.29. The highest BCUT2D eigenvalue weighted by molar-refractivity contribution is 7.87. The molecular weight excluding hydrogens is 523 g/mol. The SMILES string of the molecule is CC[C@@H](C)N(Cc1ccc(N(CC)CC)cc1OS(=O)(=O)c1ccc(Cl)c(Cl)c1)C(=O)c1ccco1. The van der Waals surface area contributed by atoms with Crippen LogP contribution in [0.3, 0.4) is 0 Å². The number of rotatable bonds is 11. The van der Waals surface area contributed by atoms with Crippen LogP contribution in [0.4, 0.5) is 5.69 Å². The normalized spacial score (nSPS) is 12.3. The van der Waals surface area contributed by atoms with Crippen molar-refractivity contribution in [2.45, 2.75) is 51.6 Å². The van der Waals surface area contributed by atoms with Gasteiger partial charge in [-0.05, 0) is 63.6 Å². The van der Waals surface area contributed by atoms with Crippen LogP contribution in [0.1, 0.15) is 50.2 Å². The predicted molar refractivity (Wildman–Crippen MR) is 143 cm³/mol. The molecule has 0 bridgehead atoms. The molecular formula is C26H30Cl2N2O5S. The van der Waals surface area contributed by atoms with Crippen LogP contribution in [0.5, 0.6) is 5.75 Å². The van der Waals surface area contributed by atoms with E-state index in [2.05, 4.69) is 4.90 Å². The largest absolute Gasteiger partial charge is 0.459 e. The highest BCUT2D eigenvalue weighted by Gasteiger charge is 2.26. The van der Waals surface area contributed by atoms with E-state index in [9.17, 15) is 13.2 Å². The first kappa shape index (κ1) is 27.9. The van der Waals surface area contributed by atoms with Crippen molar-refractivity contribution in [2.75, 3.05) is 18.0 Å². The van der Waals surface area contributed by atoms with E-state index in [1.807, 2.05) is 33.8 Å². The minimum Gasteiger partial charge on any atom is -0.459 e. The molecule has 0 saturated carbocycles. The molecule has 3 aromatic rings. The quantitative estimate of drug-likeness (QED) is 0.248. The van der Waals surface area contributed by atoms with E-state index in [0.717, 1.165) is 18.8 Å². The van der Waals surface area contributed by atoms with Crippen molar-refractivity contribution in [3.63, 3.8) is 0 Å². The fourth-order valence-electron chi connectivity index (χ4n) is 3.71. The second-order valence-electron chi connectivity index (χ2n) is 8.25. The van der Waals surface area contributed by atoms with Crippen LogP contribution in [0, 0.1) is 0 Å². The van der Waals surface area contributed by atoms with Gasteiger partial charge in [-0.2, -0.15) is 8.42 Å². The Bertz CT molecular complexity index is 1290. The van der Waals surface area contributed by atoms with E-state index in [1.54, 1.807) is 29.2 Å². The number of nitrogens with zero attached hydrogens (tertiary/aromatic N) is 2. The molecule has 0 radical (unpaired) electrons. The Morgan fingerprint density at radius 1 is 1.03 bits per heavy atom. The van der Waals surface area contributed by atoms with Gasteiger partial charge < -0.3 is 18.4 Å².